The zero-order valence-electron chi connectivity index (χ0n) is 9.98. The Morgan fingerprint density at radius 3 is 2.58 bits per heavy atom. The molecule has 0 bridgehead atoms. The highest BCUT2D eigenvalue weighted by Gasteiger charge is 2.11. The molecule has 0 spiro atoms. The second kappa shape index (κ2) is 5.59. The van der Waals surface area contributed by atoms with Gasteiger partial charge in [-0.2, -0.15) is 5.26 Å². The zero-order chi connectivity index (χ0) is 13.8. The number of nitrogens with zero attached hydrogens (tertiary/aromatic N) is 1. The normalized spacial score (nSPS) is 9.79. The molecule has 0 saturated heterocycles. The van der Waals surface area contributed by atoms with E-state index >= 15 is 0 Å². The first-order chi connectivity index (χ1) is 9.13. The van der Waals surface area contributed by atoms with E-state index in [1.807, 2.05) is 6.07 Å². The van der Waals surface area contributed by atoms with Gasteiger partial charge in [0.05, 0.1) is 23.8 Å². The number of hydrogen-bond donors (Lipinski definition) is 0. The molecule has 0 heterocycles. The van der Waals surface area contributed by atoms with E-state index in [2.05, 4.69) is 0 Å². The molecule has 0 N–H and O–H groups in total. The molecule has 0 fully saturated rings. The molecule has 0 aromatic heterocycles. The van der Waals surface area contributed by atoms with Crippen LogP contribution >= 0.6 is 11.6 Å². The van der Waals surface area contributed by atoms with Crippen molar-refractivity contribution in [1.82, 2.24) is 0 Å². The fourth-order valence-corrected chi connectivity index (χ4v) is 1.71. The lowest BCUT2D eigenvalue weighted by Gasteiger charge is -2.10. The summed E-state index contributed by atoms with van der Waals surface area (Å²) in [6.45, 7) is 0. The standard InChI is InChI=1S/C14H9ClFNO2/c1-18-10-5-9(8-17)6-11(7-10)19-14-12(15)3-2-4-13(14)16/h2-7H,1H3. The highest BCUT2D eigenvalue weighted by Crippen LogP contribution is 2.33. The van der Waals surface area contributed by atoms with Gasteiger partial charge in [0, 0.05) is 6.07 Å². The summed E-state index contributed by atoms with van der Waals surface area (Å²) in [6, 6.07) is 10.8. The van der Waals surface area contributed by atoms with Crippen LogP contribution in [0.2, 0.25) is 5.02 Å². The number of ether oxygens (including phenoxy) is 2. The summed E-state index contributed by atoms with van der Waals surface area (Å²) in [5.41, 5.74) is 0.349. The van der Waals surface area contributed by atoms with Crippen LogP contribution in [0.3, 0.4) is 0 Å². The Labute approximate surface area is 114 Å². The van der Waals surface area contributed by atoms with Crippen molar-refractivity contribution in [2.45, 2.75) is 0 Å². The number of rotatable bonds is 3. The van der Waals surface area contributed by atoms with Crippen molar-refractivity contribution in [3.63, 3.8) is 0 Å². The largest absolute Gasteiger partial charge is 0.497 e. The molecule has 0 saturated carbocycles. The lowest BCUT2D eigenvalue weighted by molar-refractivity contribution is 0.405. The number of para-hydroxylation sites is 1. The van der Waals surface area contributed by atoms with Crippen molar-refractivity contribution in [1.29, 1.82) is 5.26 Å². The van der Waals surface area contributed by atoms with Crippen LogP contribution in [0.1, 0.15) is 5.56 Å². The van der Waals surface area contributed by atoms with Crippen LogP contribution in [0, 0.1) is 17.1 Å². The fourth-order valence-electron chi connectivity index (χ4n) is 1.51. The van der Waals surface area contributed by atoms with Crippen molar-refractivity contribution in [3.8, 4) is 23.3 Å². The molecule has 0 aliphatic carbocycles. The molecule has 5 heteroatoms. The molecule has 96 valence electrons. The van der Waals surface area contributed by atoms with E-state index in [0.29, 0.717) is 11.3 Å². The van der Waals surface area contributed by atoms with Gasteiger partial charge in [-0.25, -0.2) is 4.39 Å². The van der Waals surface area contributed by atoms with E-state index in [9.17, 15) is 4.39 Å². The minimum Gasteiger partial charge on any atom is -0.497 e. The summed E-state index contributed by atoms with van der Waals surface area (Å²) in [7, 11) is 1.47. The third-order valence-corrected chi connectivity index (χ3v) is 2.68. The van der Waals surface area contributed by atoms with Gasteiger partial charge in [0.2, 0.25) is 0 Å². The maximum absolute atomic E-state index is 13.6. The molecule has 0 radical (unpaired) electrons. The molecule has 0 aliphatic rings. The molecule has 19 heavy (non-hydrogen) atoms. The summed E-state index contributed by atoms with van der Waals surface area (Å²) in [4.78, 5) is 0. The van der Waals surface area contributed by atoms with Crippen LogP contribution in [0.25, 0.3) is 0 Å². The Bertz CT molecular complexity index is 632. The Morgan fingerprint density at radius 2 is 1.95 bits per heavy atom. The van der Waals surface area contributed by atoms with Crippen LogP contribution < -0.4 is 9.47 Å². The Kier molecular flexibility index (Phi) is 3.88. The molecule has 2 aromatic carbocycles. The quantitative estimate of drug-likeness (QED) is 0.846. The fraction of sp³-hybridized carbons (Fsp3) is 0.0714. The lowest BCUT2D eigenvalue weighted by Crippen LogP contribution is -1.92. The number of hydrogen-bond acceptors (Lipinski definition) is 3. The van der Waals surface area contributed by atoms with Crippen LogP contribution in [-0.2, 0) is 0 Å². The van der Waals surface area contributed by atoms with Gasteiger partial charge in [-0.1, -0.05) is 17.7 Å². The average Bonchev–Trinajstić information content (AvgIpc) is 2.42. The second-order valence-corrected chi connectivity index (χ2v) is 4.07. The van der Waals surface area contributed by atoms with Gasteiger partial charge >= 0.3 is 0 Å². The number of halogens is 2. The molecule has 0 atom stereocenters. The van der Waals surface area contributed by atoms with Gasteiger partial charge in [-0.05, 0) is 24.3 Å². The third kappa shape index (κ3) is 2.95. The van der Waals surface area contributed by atoms with Crippen molar-refractivity contribution >= 4 is 11.6 Å². The monoisotopic (exact) mass is 277 g/mol. The summed E-state index contributed by atoms with van der Waals surface area (Å²) in [6.07, 6.45) is 0. The van der Waals surface area contributed by atoms with Crippen molar-refractivity contribution in [3.05, 3.63) is 52.8 Å². The molecule has 0 unspecified atom stereocenters. The summed E-state index contributed by atoms with van der Waals surface area (Å²) in [5.74, 6) is 0.0690. The van der Waals surface area contributed by atoms with Gasteiger partial charge in [0.1, 0.15) is 11.5 Å². The minimum absolute atomic E-state index is 0.0821. The van der Waals surface area contributed by atoms with Crippen LogP contribution in [0.4, 0.5) is 4.39 Å². The Balaban J connectivity index is 2.41. The van der Waals surface area contributed by atoms with Crippen molar-refractivity contribution in [2.24, 2.45) is 0 Å². The smallest absolute Gasteiger partial charge is 0.181 e. The summed E-state index contributed by atoms with van der Waals surface area (Å²) in [5, 5.41) is 9.05. The van der Waals surface area contributed by atoms with Gasteiger partial charge < -0.3 is 9.47 Å². The predicted molar refractivity (Wildman–Crippen MR) is 69.2 cm³/mol. The minimum atomic E-state index is -0.575. The maximum Gasteiger partial charge on any atom is 0.181 e. The van der Waals surface area contributed by atoms with E-state index in [1.165, 1.54) is 31.4 Å². The highest BCUT2D eigenvalue weighted by atomic mass is 35.5. The number of benzene rings is 2. The molecule has 2 aromatic rings. The van der Waals surface area contributed by atoms with Gasteiger partial charge in [-0.3, -0.25) is 0 Å². The van der Waals surface area contributed by atoms with Crippen molar-refractivity contribution < 1.29 is 13.9 Å². The van der Waals surface area contributed by atoms with Crippen LogP contribution in [0.15, 0.2) is 36.4 Å². The van der Waals surface area contributed by atoms with Crippen molar-refractivity contribution in [2.75, 3.05) is 7.11 Å². The first-order valence-corrected chi connectivity index (χ1v) is 5.73. The predicted octanol–water partition coefficient (Wildman–Crippen LogP) is 4.15. The first-order valence-electron chi connectivity index (χ1n) is 5.35. The Morgan fingerprint density at radius 1 is 1.21 bits per heavy atom. The molecular weight excluding hydrogens is 269 g/mol. The molecule has 2 rings (SSSR count). The maximum atomic E-state index is 13.6. The number of methoxy groups -OCH3 is 1. The van der Waals surface area contributed by atoms with E-state index in [4.69, 9.17) is 26.3 Å². The van der Waals surface area contributed by atoms with E-state index in [0.717, 1.165) is 0 Å². The van der Waals surface area contributed by atoms with E-state index in [1.54, 1.807) is 12.1 Å². The molecular formula is C14H9ClFNO2. The van der Waals surface area contributed by atoms with Gasteiger partial charge in [0.15, 0.2) is 11.6 Å². The SMILES string of the molecule is COc1cc(C#N)cc(Oc2c(F)cccc2Cl)c1. The topological polar surface area (TPSA) is 42.2 Å². The first kappa shape index (κ1) is 13.2. The lowest BCUT2D eigenvalue weighted by atomic mass is 10.2. The van der Waals surface area contributed by atoms with Crippen LogP contribution in [-0.4, -0.2) is 7.11 Å². The Hall–Kier alpha value is -2.25. The molecule has 0 aliphatic heterocycles. The second-order valence-electron chi connectivity index (χ2n) is 3.66. The van der Waals surface area contributed by atoms with E-state index < -0.39 is 5.82 Å². The van der Waals surface area contributed by atoms with E-state index in [-0.39, 0.29) is 16.5 Å². The van der Waals surface area contributed by atoms with Gasteiger partial charge in [0.25, 0.3) is 0 Å². The summed E-state index contributed by atoms with van der Waals surface area (Å²) < 4.78 is 24.0. The third-order valence-electron chi connectivity index (χ3n) is 2.38. The summed E-state index contributed by atoms with van der Waals surface area (Å²) >= 11 is 5.87. The van der Waals surface area contributed by atoms with Gasteiger partial charge in [-0.15, -0.1) is 0 Å². The average molecular weight is 278 g/mol. The highest BCUT2D eigenvalue weighted by molar-refractivity contribution is 6.32. The molecule has 0 amide bonds. The van der Waals surface area contributed by atoms with Crippen LogP contribution in [0.5, 0.6) is 17.2 Å². The zero-order valence-corrected chi connectivity index (χ0v) is 10.7. The molecule has 3 nitrogen and oxygen atoms in total. The number of nitriles is 1.